The van der Waals surface area contributed by atoms with Crippen LogP contribution >= 0.6 is 0 Å². The Morgan fingerprint density at radius 3 is 2.65 bits per heavy atom. The second kappa shape index (κ2) is 11.6. The minimum absolute atomic E-state index is 0.189. The maximum absolute atomic E-state index is 11.7. The molecule has 3 rings (SSSR count). The molecule has 0 saturated heterocycles. The number of hydrogen-bond acceptors (Lipinski definition) is 8. The Labute approximate surface area is 201 Å². The van der Waals surface area contributed by atoms with E-state index in [4.69, 9.17) is 14.5 Å². The molecule has 3 aromatic rings. The van der Waals surface area contributed by atoms with Crippen molar-refractivity contribution in [2.24, 2.45) is 0 Å². The number of anilines is 2. The molecule has 2 N–H and O–H groups in total. The molecule has 0 bridgehead atoms. The van der Waals surface area contributed by atoms with Crippen molar-refractivity contribution in [2.75, 3.05) is 24.9 Å². The van der Waals surface area contributed by atoms with Gasteiger partial charge in [0.05, 0.1) is 19.6 Å². The van der Waals surface area contributed by atoms with Gasteiger partial charge in [0, 0.05) is 36.3 Å². The van der Waals surface area contributed by atoms with Crippen molar-refractivity contribution < 1.29 is 14.3 Å². The lowest BCUT2D eigenvalue weighted by molar-refractivity contribution is -0.117. The van der Waals surface area contributed by atoms with Crippen molar-refractivity contribution in [2.45, 2.75) is 65.0 Å². The van der Waals surface area contributed by atoms with Crippen molar-refractivity contribution >= 4 is 28.6 Å². The predicted molar refractivity (Wildman–Crippen MR) is 136 cm³/mol. The van der Waals surface area contributed by atoms with Crippen LogP contribution in [0.2, 0.25) is 0 Å². The number of pyridine rings is 1. The highest BCUT2D eigenvalue weighted by Crippen LogP contribution is 2.30. The highest BCUT2D eigenvalue weighted by molar-refractivity contribution is 5.87. The molecule has 0 saturated carbocycles. The third-order valence-corrected chi connectivity index (χ3v) is 5.93. The zero-order valence-electron chi connectivity index (χ0n) is 20.8. The van der Waals surface area contributed by atoms with E-state index in [-0.39, 0.29) is 11.3 Å². The number of carbonyl (C=O) groups excluding carboxylic acids is 1. The molecule has 0 radical (unpaired) electrons. The molecule has 34 heavy (non-hydrogen) atoms. The highest BCUT2D eigenvalue weighted by Gasteiger charge is 2.26. The molecule has 2 heterocycles. The molecule has 0 fully saturated rings. The lowest BCUT2D eigenvalue weighted by Gasteiger charge is -2.32. The van der Waals surface area contributed by atoms with Crippen LogP contribution in [-0.2, 0) is 11.3 Å². The van der Waals surface area contributed by atoms with Crippen molar-refractivity contribution in [3.8, 4) is 11.5 Å². The molecule has 1 atom stereocenters. The van der Waals surface area contributed by atoms with Crippen molar-refractivity contribution in [1.82, 2.24) is 15.0 Å². The fraction of sp³-hybridized carbons (Fsp3) is 0.462. The summed E-state index contributed by atoms with van der Waals surface area (Å²) in [5.41, 5.74) is 1.29. The number of benzene rings is 1. The molecule has 0 spiro atoms. The van der Waals surface area contributed by atoms with Crippen LogP contribution in [0.1, 0.15) is 58.4 Å². The van der Waals surface area contributed by atoms with E-state index < -0.39 is 0 Å². The van der Waals surface area contributed by atoms with Crippen molar-refractivity contribution in [3.05, 3.63) is 42.1 Å². The van der Waals surface area contributed by atoms with E-state index in [0.717, 1.165) is 48.1 Å². The van der Waals surface area contributed by atoms with E-state index in [0.29, 0.717) is 30.4 Å². The summed E-state index contributed by atoms with van der Waals surface area (Å²) in [4.78, 5) is 25.6. The Morgan fingerprint density at radius 2 is 1.94 bits per heavy atom. The maximum atomic E-state index is 11.7. The van der Waals surface area contributed by atoms with Gasteiger partial charge in [-0.15, -0.1) is 0 Å². The summed E-state index contributed by atoms with van der Waals surface area (Å²) < 4.78 is 10.8. The second-order valence-corrected chi connectivity index (χ2v) is 8.79. The summed E-state index contributed by atoms with van der Waals surface area (Å²) in [6, 6.07) is 9.54. The van der Waals surface area contributed by atoms with Crippen LogP contribution in [0, 0.1) is 0 Å². The van der Waals surface area contributed by atoms with Gasteiger partial charge in [-0.1, -0.05) is 19.8 Å². The lowest BCUT2D eigenvalue weighted by atomic mass is 9.88. The lowest BCUT2D eigenvalue weighted by Crippen LogP contribution is -2.36. The molecule has 182 valence electrons. The predicted octanol–water partition coefficient (Wildman–Crippen LogP) is 5.38. The quantitative estimate of drug-likeness (QED) is 0.347. The van der Waals surface area contributed by atoms with E-state index in [1.54, 1.807) is 27.3 Å². The molecule has 2 aromatic heterocycles. The van der Waals surface area contributed by atoms with Gasteiger partial charge in [0.25, 0.3) is 0 Å². The molecule has 0 amide bonds. The third-order valence-electron chi connectivity index (χ3n) is 5.93. The summed E-state index contributed by atoms with van der Waals surface area (Å²) in [5.74, 6) is 2.82. The number of ether oxygens (including phenoxy) is 2. The number of nitrogens with zero attached hydrogens (tertiary/aromatic N) is 3. The normalized spacial score (nSPS) is 12.7. The monoisotopic (exact) mass is 465 g/mol. The van der Waals surface area contributed by atoms with E-state index >= 15 is 0 Å². The number of hydrogen-bond donors (Lipinski definition) is 2. The zero-order valence-corrected chi connectivity index (χ0v) is 20.8. The molecular formula is C26H35N5O3. The molecule has 0 aliphatic rings. The maximum Gasteiger partial charge on any atom is 0.227 e. The standard InChI is InChI=1S/C26H35N5O3/c1-6-7-13-26(3,14-12-18(2)32)31-24-21-9-8-15-27-23(21)29-25(30-24)28-17-19-10-11-20(33-4)16-22(19)34-5/h8-11,15-16H,6-7,12-14,17H2,1-5H3,(H2,27,28,29,30,31)/t26-/m1/s1. The Hall–Kier alpha value is -3.42. The summed E-state index contributed by atoms with van der Waals surface area (Å²) in [7, 11) is 3.26. The summed E-state index contributed by atoms with van der Waals surface area (Å²) in [5, 5.41) is 7.80. The average Bonchev–Trinajstić information content (AvgIpc) is 2.85. The number of unbranched alkanes of at least 4 members (excludes halogenated alkanes) is 1. The Morgan fingerprint density at radius 1 is 1.12 bits per heavy atom. The number of fused-ring (bicyclic) bond motifs is 1. The SMILES string of the molecule is CCCC[C@](C)(CCC(C)=O)Nc1nc(NCc2ccc(OC)cc2OC)nc2ncccc12. The van der Waals surface area contributed by atoms with E-state index in [1.165, 1.54) is 0 Å². The average molecular weight is 466 g/mol. The van der Waals surface area contributed by atoms with Gasteiger partial charge in [-0.25, -0.2) is 4.98 Å². The molecule has 0 unspecified atom stereocenters. The van der Waals surface area contributed by atoms with Gasteiger partial charge in [-0.2, -0.15) is 9.97 Å². The van der Waals surface area contributed by atoms with E-state index in [9.17, 15) is 4.79 Å². The van der Waals surface area contributed by atoms with Gasteiger partial charge >= 0.3 is 0 Å². The van der Waals surface area contributed by atoms with Crippen LogP contribution in [0.15, 0.2) is 36.5 Å². The van der Waals surface area contributed by atoms with Crippen molar-refractivity contribution in [1.29, 1.82) is 0 Å². The summed E-state index contributed by atoms with van der Waals surface area (Å²) in [6.07, 6.45) is 6.07. The van der Waals surface area contributed by atoms with E-state index in [1.807, 2.05) is 30.3 Å². The largest absolute Gasteiger partial charge is 0.497 e. The van der Waals surface area contributed by atoms with Gasteiger partial charge in [0.1, 0.15) is 23.1 Å². The van der Waals surface area contributed by atoms with E-state index in [2.05, 4.69) is 34.4 Å². The molecule has 8 nitrogen and oxygen atoms in total. The van der Waals surface area contributed by atoms with Gasteiger partial charge in [0.2, 0.25) is 5.95 Å². The van der Waals surface area contributed by atoms with Gasteiger partial charge in [0.15, 0.2) is 5.65 Å². The first kappa shape index (κ1) is 25.2. The summed E-state index contributed by atoms with van der Waals surface area (Å²) >= 11 is 0. The first-order chi connectivity index (χ1) is 16.4. The van der Waals surface area contributed by atoms with Crippen LogP contribution in [0.25, 0.3) is 11.0 Å². The van der Waals surface area contributed by atoms with Crippen LogP contribution < -0.4 is 20.1 Å². The third kappa shape index (κ3) is 6.56. The number of carbonyl (C=O) groups is 1. The van der Waals surface area contributed by atoms with Crippen LogP contribution in [0.5, 0.6) is 11.5 Å². The first-order valence-electron chi connectivity index (χ1n) is 11.7. The first-order valence-corrected chi connectivity index (χ1v) is 11.7. The van der Waals surface area contributed by atoms with Crippen LogP contribution in [0.3, 0.4) is 0 Å². The number of nitrogens with one attached hydrogen (secondary N) is 2. The Kier molecular flexibility index (Phi) is 8.62. The molecular weight excluding hydrogens is 430 g/mol. The van der Waals surface area contributed by atoms with Crippen LogP contribution in [-0.4, -0.2) is 40.5 Å². The minimum Gasteiger partial charge on any atom is -0.497 e. The van der Waals surface area contributed by atoms with Gasteiger partial charge in [-0.3, -0.25) is 0 Å². The Balaban J connectivity index is 1.89. The highest BCUT2D eigenvalue weighted by atomic mass is 16.5. The molecule has 0 aliphatic heterocycles. The fourth-order valence-electron chi connectivity index (χ4n) is 3.86. The van der Waals surface area contributed by atoms with Gasteiger partial charge < -0.3 is 24.9 Å². The number of ketones is 1. The zero-order chi connectivity index (χ0) is 24.6. The fourth-order valence-corrected chi connectivity index (χ4v) is 3.86. The molecule has 1 aromatic carbocycles. The Bertz CT molecular complexity index is 1120. The van der Waals surface area contributed by atoms with Crippen LogP contribution in [0.4, 0.5) is 11.8 Å². The topological polar surface area (TPSA) is 98.3 Å². The van der Waals surface area contributed by atoms with Gasteiger partial charge in [-0.05, 0) is 51.0 Å². The minimum atomic E-state index is -0.269. The number of Topliss-reactive ketones (excluding diaryl/α,β-unsaturated/α-hetero) is 1. The molecule has 8 heteroatoms. The smallest absolute Gasteiger partial charge is 0.227 e. The molecule has 0 aliphatic carbocycles. The number of rotatable bonds is 13. The second-order valence-electron chi connectivity index (χ2n) is 8.79. The number of aromatic nitrogens is 3. The summed E-state index contributed by atoms with van der Waals surface area (Å²) in [6.45, 7) is 6.44. The number of methoxy groups -OCH3 is 2. The van der Waals surface area contributed by atoms with Crippen molar-refractivity contribution in [3.63, 3.8) is 0 Å².